The van der Waals surface area contributed by atoms with E-state index in [2.05, 4.69) is 49.9 Å². The van der Waals surface area contributed by atoms with E-state index in [0.717, 1.165) is 59.8 Å². The number of hydrogen-bond acceptors (Lipinski definition) is 0. The molecule has 2 fully saturated rings. The smallest absolute Gasteiger partial charge is 0.134 e. The van der Waals surface area contributed by atoms with Crippen LogP contribution in [0.4, 0.5) is 4.39 Å². The Bertz CT molecular complexity index is 877. The van der Waals surface area contributed by atoms with Crippen molar-refractivity contribution < 1.29 is 4.39 Å². The lowest BCUT2D eigenvalue weighted by Crippen LogP contribution is -2.25. The number of halogens is 1. The summed E-state index contributed by atoms with van der Waals surface area (Å²) in [5, 5.41) is 1.82. The number of fused-ring (bicyclic) bond motifs is 1. The Hall–Kier alpha value is -1.89. The van der Waals surface area contributed by atoms with Crippen molar-refractivity contribution in [1.29, 1.82) is 0 Å². The predicted molar refractivity (Wildman–Crippen MR) is 127 cm³/mol. The highest BCUT2D eigenvalue weighted by Crippen LogP contribution is 2.45. The number of allylic oxidation sites excluding steroid dienone is 3. The standard InChI is InChI=1S/C29H37F/c1-3-5-7-22-10-18-28-26(20-22)17-19-27(29(28)30)25-15-13-24(14-16-25)23-11-8-21(6-4-2)9-12-23/h3-4,6,10,17-21,23-25H,1,5,7-9,11-16H2,2H3/b6-4+. The van der Waals surface area contributed by atoms with E-state index in [1.165, 1.54) is 44.1 Å². The average Bonchev–Trinajstić information content (AvgIpc) is 2.79. The van der Waals surface area contributed by atoms with E-state index in [1.54, 1.807) is 0 Å². The fourth-order valence-corrected chi connectivity index (χ4v) is 6.08. The van der Waals surface area contributed by atoms with Crippen LogP contribution >= 0.6 is 0 Å². The first-order valence-corrected chi connectivity index (χ1v) is 12.1. The first-order chi connectivity index (χ1) is 14.7. The second-order valence-electron chi connectivity index (χ2n) is 9.66. The summed E-state index contributed by atoms with van der Waals surface area (Å²) in [6.07, 6.45) is 18.9. The highest BCUT2D eigenvalue weighted by molar-refractivity contribution is 5.84. The van der Waals surface area contributed by atoms with Gasteiger partial charge in [-0.05, 0) is 111 Å². The predicted octanol–water partition coefficient (Wildman–Crippen LogP) is 8.75. The van der Waals surface area contributed by atoms with Gasteiger partial charge in [0.1, 0.15) is 5.82 Å². The summed E-state index contributed by atoms with van der Waals surface area (Å²) in [5.41, 5.74) is 2.22. The van der Waals surface area contributed by atoms with Crippen molar-refractivity contribution in [2.45, 2.75) is 77.0 Å². The van der Waals surface area contributed by atoms with E-state index in [4.69, 9.17) is 0 Å². The highest BCUT2D eigenvalue weighted by atomic mass is 19.1. The van der Waals surface area contributed by atoms with Crippen LogP contribution in [0.15, 0.2) is 55.1 Å². The molecule has 160 valence electrons. The van der Waals surface area contributed by atoms with Crippen LogP contribution < -0.4 is 0 Å². The van der Waals surface area contributed by atoms with Gasteiger partial charge in [-0.15, -0.1) is 6.58 Å². The largest absolute Gasteiger partial charge is 0.206 e. The van der Waals surface area contributed by atoms with Gasteiger partial charge in [-0.2, -0.15) is 0 Å². The highest BCUT2D eigenvalue weighted by Gasteiger charge is 2.31. The minimum atomic E-state index is 0.0260. The molecule has 0 heterocycles. The second kappa shape index (κ2) is 9.94. The molecule has 0 atom stereocenters. The zero-order chi connectivity index (χ0) is 20.9. The van der Waals surface area contributed by atoms with Gasteiger partial charge in [0.2, 0.25) is 0 Å². The summed E-state index contributed by atoms with van der Waals surface area (Å²) in [7, 11) is 0. The van der Waals surface area contributed by atoms with Crippen LogP contribution in [0.5, 0.6) is 0 Å². The van der Waals surface area contributed by atoms with Gasteiger partial charge < -0.3 is 0 Å². The van der Waals surface area contributed by atoms with E-state index < -0.39 is 0 Å². The van der Waals surface area contributed by atoms with E-state index in [-0.39, 0.29) is 5.82 Å². The van der Waals surface area contributed by atoms with Crippen LogP contribution in [0.3, 0.4) is 0 Å². The third-order valence-corrected chi connectivity index (χ3v) is 7.84. The quantitative estimate of drug-likeness (QED) is 0.422. The molecule has 0 bridgehead atoms. The molecule has 2 aliphatic rings. The molecular formula is C29H37F. The minimum absolute atomic E-state index is 0.0260. The summed E-state index contributed by atoms with van der Waals surface area (Å²) in [4.78, 5) is 0. The maximum Gasteiger partial charge on any atom is 0.134 e. The third kappa shape index (κ3) is 4.71. The van der Waals surface area contributed by atoms with Crippen LogP contribution in [0, 0.1) is 23.6 Å². The van der Waals surface area contributed by atoms with Gasteiger partial charge in [-0.1, -0.05) is 48.6 Å². The minimum Gasteiger partial charge on any atom is -0.206 e. The Morgan fingerprint density at radius 2 is 1.63 bits per heavy atom. The van der Waals surface area contributed by atoms with Crippen molar-refractivity contribution in [3.63, 3.8) is 0 Å². The summed E-state index contributed by atoms with van der Waals surface area (Å²) < 4.78 is 15.4. The molecule has 0 nitrogen and oxygen atoms in total. The Morgan fingerprint density at radius 3 is 2.30 bits per heavy atom. The van der Waals surface area contributed by atoms with Crippen molar-refractivity contribution in [3.8, 4) is 0 Å². The topological polar surface area (TPSA) is 0 Å². The van der Waals surface area contributed by atoms with Gasteiger partial charge in [0.05, 0.1) is 0 Å². The summed E-state index contributed by atoms with van der Waals surface area (Å²) in [6, 6.07) is 10.4. The zero-order valence-corrected chi connectivity index (χ0v) is 18.6. The van der Waals surface area contributed by atoms with Crippen molar-refractivity contribution in [3.05, 3.63) is 72.1 Å². The lowest BCUT2D eigenvalue weighted by atomic mass is 9.68. The Balaban J connectivity index is 1.39. The molecule has 0 unspecified atom stereocenters. The molecular weight excluding hydrogens is 367 g/mol. The molecule has 4 rings (SSSR count). The summed E-state index contributed by atoms with van der Waals surface area (Å²) in [5.74, 6) is 3.00. The van der Waals surface area contributed by atoms with Gasteiger partial charge >= 0.3 is 0 Å². The first-order valence-electron chi connectivity index (χ1n) is 12.1. The van der Waals surface area contributed by atoms with Gasteiger partial charge in [-0.25, -0.2) is 4.39 Å². The van der Waals surface area contributed by atoms with Crippen molar-refractivity contribution >= 4 is 10.8 Å². The molecule has 0 aromatic heterocycles. The van der Waals surface area contributed by atoms with Crippen molar-refractivity contribution in [1.82, 2.24) is 0 Å². The zero-order valence-electron chi connectivity index (χ0n) is 18.6. The lowest BCUT2D eigenvalue weighted by molar-refractivity contribution is 0.171. The van der Waals surface area contributed by atoms with Gasteiger partial charge in [0.25, 0.3) is 0 Å². The fourth-order valence-electron chi connectivity index (χ4n) is 6.08. The van der Waals surface area contributed by atoms with E-state index >= 15 is 4.39 Å². The van der Waals surface area contributed by atoms with Crippen LogP contribution in [0.1, 0.15) is 81.8 Å². The normalized spacial score (nSPS) is 27.5. The SMILES string of the molecule is C=CCCc1ccc2c(F)c(C3CCC(C4CCC(/C=C/C)CC4)CC3)ccc2c1. The maximum absolute atomic E-state index is 15.4. The molecule has 0 saturated heterocycles. The molecule has 2 saturated carbocycles. The molecule has 30 heavy (non-hydrogen) atoms. The average molecular weight is 405 g/mol. The van der Waals surface area contributed by atoms with E-state index in [1.807, 2.05) is 12.1 Å². The fraction of sp³-hybridized carbons (Fsp3) is 0.517. The van der Waals surface area contributed by atoms with Crippen molar-refractivity contribution in [2.24, 2.45) is 17.8 Å². The maximum atomic E-state index is 15.4. The second-order valence-corrected chi connectivity index (χ2v) is 9.66. The first kappa shape index (κ1) is 21.3. The lowest BCUT2D eigenvalue weighted by Gasteiger charge is -2.37. The number of rotatable bonds is 6. The number of aryl methyl sites for hydroxylation is 1. The molecule has 2 aromatic rings. The molecule has 1 heteroatoms. The number of benzene rings is 2. The Kier molecular flexibility index (Phi) is 7.08. The van der Waals surface area contributed by atoms with E-state index in [9.17, 15) is 0 Å². The van der Waals surface area contributed by atoms with Gasteiger partial charge in [-0.3, -0.25) is 0 Å². The van der Waals surface area contributed by atoms with Crippen LogP contribution in [-0.4, -0.2) is 0 Å². The van der Waals surface area contributed by atoms with Gasteiger partial charge in [0, 0.05) is 5.39 Å². The monoisotopic (exact) mass is 404 g/mol. The molecule has 0 aliphatic heterocycles. The van der Waals surface area contributed by atoms with E-state index in [0.29, 0.717) is 5.92 Å². The third-order valence-electron chi connectivity index (χ3n) is 7.84. The molecule has 2 aliphatic carbocycles. The van der Waals surface area contributed by atoms with Crippen molar-refractivity contribution in [2.75, 3.05) is 0 Å². The van der Waals surface area contributed by atoms with Crippen LogP contribution in [0.2, 0.25) is 0 Å². The van der Waals surface area contributed by atoms with Crippen LogP contribution in [-0.2, 0) is 6.42 Å². The molecule has 0 N–H and O–H groups in total. The summed E-state index contributed by atoms with van der Waals surface area (Å²) in [6.45, 7) is 5.94. The molecule has 0 amide bonds. The molecule has 0 radical (unpaired) electrons. The summed E-state index contributed by atoms with van der Waals surface area (Å²) >= 11 is 0. The Morgan fingerprint density at radius 1 is 0.933 bits per heavy atom. The molecule has 2 aromatic carbocycles. The van der Waals surface area contributed by atoms with Gasteiger partial charge in [0.15, 0.2) is 0 Å². The Labute approximate surface area is 182 Å². The van der Waals surface area contributed by atoms with Crippen LogP contribution in [0.25, 0.3) is 10.8 Å². The number of hydrogen-bond donors (Lipinski definition) is 0. The molecule has 0 spiro atoms.